The summed E-state index contributed by atoms with van der Waals surface area (Å²) in [5, 5.41) is 0.223. The standard InChI is InChI=1S/C11H15BrClNO2S2/c1-17-7-3-2-6-14-18(15,16)11-5-4-9(12)8-10(11)13/h4-5,8,14H,2-3,6-7H2,1H3. The van der Waals surface area contributed by atoms with Gasteiger partial charge in [-0.05, 0) is 43.0 Å². The lowest BCUT2D eigenvalue weighted by atomic mass is 10.3. The summed E-state index contributed by atoms with van der Waals surface area (Å²) in [4.78, 5) is 0.122. The normalized spacial score (nSPS) is 11.7. The van der Waals surface area contributed by atoms with Crippen LogP contribution in [0.3, 0.4) is 0 Å². The molecule has 0 aliphatic heterocycles. The highest BCUT2D eigenvalue weighted by molar-refractivity contribution is 9.10. The van der Waals surface area contributed by atoms with Gasteiger partial charge in [-0.15, -0.1) is 0 Å². The molecule has 0 bridgehead atoms. The minimum absolute atomic E-state index is 0.122. The Hall–Kier alpha value is 0.250. The molecule has 0 saturated carbocycles. The van der Waals surface area contributed by atoms with Crippen molar-refractivity contribution in [1.82, 2.24) is 4.72 Å². The molecule has 0 aliphatic carbocycles. The molecule has 0 spiro atoms. The minimum Gasteiger partial charge on any atom is -0.211 e. The van der Waals surface area contributed by atoms with Crippen molar-refractivity contribution in [3.63, 3.8) is 0 Å². The number of nitrogens with one attached hydrogen (secondary N) is 1. The van der Waals surface area contributed by atoms with Gasteiger partial charge in [-0.25, -0.2) is 13.1 Å². The summed E-state index contributed by atoms with van der Waals surface area (Å²) in [5.74, 6) is 1.04. The molecule has 0 amide bonds. The molecule has 1 N–H and O–H groups in total. The van der Waals surface area contributed by atoms with Crippen molar-refractivity contribution in [2.75, 3.05) is 18.6 Å². The van der Waals surface area contributed by atoms with Crippen LogP contribution in [0.15, 0.2) is 27.6 Å². The molecule has 0 unspecified atom stereocenters. The number of unbranched alkanes of at least 4 members (excludes halogenated alkanes) is 1. The number of hydrogen-bond donors (Lipinski definition) is 1. The molecule has 3 nitrogen and oxygen atoms in total. The van der Waals surface area contributed by atoms with E-state index in [-0.39, 0.29) is 9.92 Å². The zero-order valence-electron chi connectivity index (χ0n) is 9.95. The summed E-state index contributed by atoms with van der Waals surface area (Å²) in [6.45, 7) is 0.440. The first-order chi connectivity index (χ1) is 8.47. The quantitative estimate of drug-likeness (QED) is 0.745. The number of thioether (sulfide) groups is 1. The minimum atomic E-state index is -3.50. The Bertz CT molecular complexity index is 494. The van der Waals surface area contributed by atoms with Gasteiger partial charge in [0.2, 0.25) is 10.0 Å². The summed E-state index contributed by atoms with van der Waals surface area (Å²) in [7, 11) is -3.50. The third kappa shape index (κ3) is 5.09. The van der Waals surface area contributed by atoms with Crippen molar-refractivity contribution in [1.29, 1.82) is 0 Å². The maximum absolute atomic E-state index is 12.0. The van der Waals surface area contributed by atoms with Gasteiger partial charge in [0.05, 0.1) is 5.02 Å². The first kappa shape index (κ1) is 16.3. The van der Waals surface area contributed by atoms with Crippen LogP contribution in [0.1, 0.15) is 12.8 Å². The molecular weight excluding hydrogens is 358 g/mol. The molecule has 0 heterocycles. The first-order valence-corrected chi connectivity index (χ1v) is 9.46. The highest BCUT2D eigenvalue weighted by Gasteiger charge is 2.17. The van der Waals surface area contributed by atoms with Crippen molar-refractivity contribution in [3.05, 3.63) is 27.7 Å². The Labute approximate surface area is 126 Å². The summed E-state index contributed by atoms with van der Waals surface area (Å²) in [6.07, 6.45) is 3.86. The molecule has 0 aliphatic rings. The van der Waals surface area contributed by atoms with E-state index in [1.807, 2.05) is 6.26 Å². The number of benzene rings is 1. The number of rotatable bonds is 7. The molecule has 18 heavy (non-hydrogen) atoms. The van der Waals surface area contributed by atoms with Crippen LogP contribution < -0.4 is 4.72 Å². The topological polar surface area (TPSA) is 46.2 Å². The molecule has 0 aromatic heterocycles. The molecule has 1 aromatic carbocycles. The van der Waals surface area contributed by atoms with Crippen molar-refractivity contribution in [3.8, 4) is 0 Å². The third-order valence-corrected chi connectivity index (χ3v) is 5.38. The van der Waals surface area contributed by atoms with Gasteiger partial charge in [-0.1, -0.05) is 27.5 Å². The van der Waals surface area contributed by atoms with E-state index in [9.17, 15) is 8.42 Å². The Morgan fingerprint density at radius 1 is 1.39 bits per heavy atom. The predicted molar refractivity (Wildman–Crippen MR) is 82.0 cm³/mol. The van der Waals surface area contributed by atoms with E-state index in [0.29, 0.717) is 6.54 Å². The predicted octanol–water partition coefficient (Wildman–Crippen LogP) is 3.52. The second-order valence-corrected chi connectivity index (χ2v) is 7.72. The molecule has 1 rings (SSSR count). The maximum Gasteiger partial charge on any atom is 0.242 e. The van der Waals surface area contributed by atoms with Gasteiger partial charge < -0.3 is 0 Å². The average Bonchev–Trinajstić information content (AvgIpc) is 2.28. The van der Waals surface area contributed by atoms with E-state index >= 15 is 0 Å². The monoisotopic (exact) mass is 371 g/mol. The van der Waals surface area contributed by atoms with Crippen LogP contribution in [0.2, 0.25) is 5.02 Å². The number of hydrogen-bond acceptors (Lipinski definition) is 3. The van der Waals surface area contributed by atoms with Crippen LogP contribution in [0.5, 0.6) is 0 Å². The SMILES string of the molecule is CSCCCCNS(=O)(=O)c1ccc(Br)cc1Cl. The molecule has 102 valence electrons. The van der Waals surface area contributed by atoms with Gasteiger partial charge in [-0.2, -0.15) is 11.8 Å². The molecule has 7 heteroatoms. The van der Waals surface area contributed by atoms with E-state index in [1.54, 1.807) is 23.9 Å². The van der Waals surface area contributed by atoms with Crippen LogP contribution >= 0.6 is 39.3 Å². The van der Waals surface area contributed by atoms with Gasteiger partial charge in [0.1, 0.15) is 4.90 Å². The fourth-order valence-electron chi connectivity index (χ4n) is 1.35. The fraction of sp³-hybridized carbons (Fsp3) is 0.455. The second-order valence-electron chi connectivity index (χ2n) is 3.67. The van der Waals surface area contributed by atoms with Gasteiger partial charge >= 0.3 is 0 Å². The summed E-state index contributed by atoms with van der Waals surface area (Å²) >= 11 is 10.9. The van der Waals surface area contributed by atoms with Crippen molar-refractivity contribution < 1.29 is 8.42 Å². The summed E-state index contributed by atoms with van der Waals surface area (Å²) in [5.41, 5.74) is 0. The van der Waals surface area contributed by atoms with Crippen LogP contribution in [0, 0.1) is 0 Å². The molecule has 0 radical (unpaired) electrons. The molecule has 1 aromatic rings. The highest BCUT2D eigenvalue weighted by Crippen LogP contribution is 2.24. The van der Waals surface area contributed by atoms with Crippen molar-refractivity contribution >= 4 is 49.3 Å². The van der Waals surface area contributed by atoms with E-state index in [0.717, 1.165) is 23.1 Å². The first-order valence-electron chi connectivity index (χ1n) is 5.41. The average molecular weight is 373 g/mol. The van der Waals surface area contributed by atoms with Crippen LogP contribution in [0.25, 0.3) is 0 Å². The highest BCUT2D eigenvalue weighted by atomic mass is 79.9. The maximum atomic E-state index is 12.0. The Morgan fingerprint density at radius 2 is 2.11 bits per heavy atom. The van der Waals surface area contributed by atoms with Gasteiger partial charge in [0.25, 0.3) is 0 Å². The molecule has 0 saturated heterocycles. The van der Waals surface area contributed by atoms with Gasteiger partial charge in [-0.3, -0.25) is 0 Å². The number of sulfonamides is 1. The largest absolute Gasteiger partial charge is 0.242 e. The van der Waals surface area contributed by atoms with E-state index < -0.39 is 10.0 Å². The molecule has 0 fully saturated rings. The Balaban J connectivity index is 2.63. The third-order valence-electron chi connectivity index (χ3n) is 2.25. The van der Waals surface area contributed by atoms with Gasteiger partial charge in [0, 0.05) is 11.0 Å². The van der Waals surface area contributed by atoms with E-state index in [4.69, 9.17) is 11.6 Å². The van der Waals surface area contributed by atoms with E-state index in [1.165, 1.54) is 6.07 Å². The zero-order valence-corrected chi connectivity index (χ0v) is 13.9. The molecule has 0 atom stereocenters. The van der Waals surface area contributed by atoms with Crippen LogP contribution in [-0.4, -0.2) is 27.0 Å². The Kier molecular flexibility index (Phi) is 7.02. The fourth-order valence-corrected chi connectivity index (χ4v) is 3.95. The summed E-state index contributed by atoms with van der Waals surface area (Å²) in [6, 6.07) is 4.73. The zero-order chi connectivity index (χ0) is 13.6. The van der Waals surface area contributed by atoms with Crippen LogP contribution in [-0.2, 0) is 10.0 Å². The van der Waals surface area contributed by atoms with Crippen molar-refractivity contribution in [2.24, 2.45) is 0 Å². The van der Waals surface area contributed by atoms with Crippen molar-refractivity contribution in [2.45, 2.75) is 17.7 Å². The second kappa shape index (κ2) is 7.75. The lowest BCUT2D eigenvalue weighted by molar-refractivity contribution is 0.578. The molecular formula is C11H15BrClNO2S2. The van der Waals surface area contributed by atoms with Gasteiger partial charge in [0.15, 0.2) is 0 Å². The lowest BCUT2D eigenvalue weighted by Crippen LogP contribution is -2.25. The lowest BCUT2D eigenvalue weighted by Gasteiger charge is -2.08. The smallest absolute Gasteiger partial charge is 0.211 e. The number of halogens is 2. The Morgan fingerprint density at radius 3 is 2.72 bits per heavy atom. The summed E-state index contributed by atoms with van der Waals surface area (Å²) < 4.78 is 27.3. The van der Waals surface area contributed by atoms with E-state index in [2.05, 4.69) is 20.7 Å². The van der Waals surface area contributed by atoms with Crippen LogP contribution in [0.4, 0.5) is 0 Å².